The Bertz CT molecular complexity index is 170. The van der Waals surface area contributed by atoms with E-state index in [0.717, 1.165) is 18.0 Å². The Balaban J connectivity index is 2.43. The monoisotopic (exact) mass is 212 g/mol. The van der Waals surface area contributed by atoms with Gasteiger partial charge in [0.05, 0.1) is 0 Å². The molecule has 3 atom stereocenters. The predicted molar refractivity (Wildman–Crippen MR) is 67.2 cm³/mol. The maximum atomic E-state index is 3.47. The van der Waals surface area contributed by atoms with E-state index in [0.29, 0.717) is 0 Å². The zero-order valence-electron chi connectivity index (χ0n) is 10.9. The van der Waals surface area contributed by atoms with Gasteiger partial charge in [-0.05, 0) is 45.7 Å². The first kappa shape index (κ1) is 13.0. The zero-order chi connectivity index (χ0) is 11.3. The van der Waals surface area contributed by atoms with E-state index in [-0.39, 0.29) is 0 Å². The molecule has 0 spiro atoms. The van der Waals surface area contributed by atoms with E-state index in [1.165, 1.54) is 38.8 Å². The Morgan fingerprint density at radius 2 is 2.07 bits per heavy atom. The smallest absolute Gasteiger partial charge is 0.0104 e. The third-order valence-corrected chi connectivity index (χ3v) is 4.12. The van der Waals surface area contributed by atoms with Gasteiger partial charge in [0.1, 0.15) is 0 Å². The van der Waals surface area contributed by atoms with Gasteiger partial charge < -0.3 is 10.2 Å². The van der Waals surface area contributed by atoms with Crippen LogP contribution in [0.2, 0.25) is 0 Å². The summed E-state index contributed by atoms with van der Waals surface area (Å²) in [6, 6.07) is 1.51. The summed E-state index contributed by atoms with van der Waals surface area (Å²) in [5, 5.41) is 3.47. The average Bonchev–Trinajstić information content (AvgIpc) is 2.71. The van der Waals surface area contributed by atoms with Crippen molar-refractivity contribution >= 4 is 0 Å². The normalized spacial score (nSPS) is 28.6. The lowest BCUT2D eigenvalue weighted by Crippen LogP contribution is -2.41. The van der Waals surface area contributed by atoms with E-state index in [1.807, 2.05) is 0 Å². The molecule has 0 aromatic heterocycles. The van der Waals surface area contributed by atoms with E-state index >= 15 is 0 Å². The van der Waals surface area contributed by atoms with Gasteiger partial charge in [-0.1, -0.05) is 20.3 Å². The molecule has 1 N–H and O–H groups in total. The Hall–Kier alpha value is -0.0800. The highest BCUT2D eigenvalue weighted by Crippen LogP contribution is 2.26. The molecule has 1 aliphatic carbocycles. The van der Waals surface area contributed by atoms with Gasteiger partial charge in [-0.2, -0.15) is 0 Å². The van der Waals surface area contributed by atoms with Gasteiger partial charge in [0.25, 0.3) is 0 Å². The van der Waals surface area contributed by atoms with E-state index in [9.17, 15) is 0 Å². The summed E-state index contributed by atoms with van der Waals surface area (Å²) < 4.78 is 0. The summed E-state index contributed by atoms with van der Waals surface area (Å²) >= 11 is 0. The predicted octanol–water partition coefficient (Wildman–Crippen LogP) is 2.49. The molecule has 0 bridgehead atoms. The Labute approximate surface area is 95.4 Å². The molecule has 1 rings (SSSR count). The Kier molecular flexibility index (Phi) is 5.62. The van der Waals surface area contributed by atoms with Gasteiger partial charge in [-0.25, -0.2) is 0 Å². The molecule has 1 saturated carbocycles. The van der Waals surface area contributed by atoms with Crippen molar-refractivity contribution in [1.82, 2.24) is 10.2 Å². The summed E-state index contributed by atoms with van der Waals surface area (Å²) in [6.45, 7) is 9.42. The molecule has 0 aromatic carbocycles. The summed E-state index contributed by atoms with van der Waals surface area (Å²) in [5.74, 6) is 0.879. The highest BCUT2D eigenvalue weighted by atomic mass is 15.1. The topological polar surface area (TPSA) is 15.3 Å². The summed E-state index contributed by atoms with van der Waals surface area (Å²) in [6.07, 6.45) is 5.47. The summed E-state index contributed by atoms with van der Waals surface area (Å²) in [7, 11) is 2.11. The number of hydrogen-bond donors (Lipinski definition) is 1. The summed E-state index contributed by atoms with van der Waals surface area (Å²) in [4.78, 5) is 2.64. The van der Waals surface area contributed by atoms with Crippen LogP contribution in [-0.4, -0.2) is 37.1 Å². The highest BCUT2D eigenvalue weighted by molar-refractivity contribution is 4.85. The lowest BCUT2D eigenvalue weighted by molar-refractivity contribution is 0.172. The van der Waals surface area contributed by atoms with Crippen LogP contribution in [0.5, 0.6) is 0 Å². The molecule has 15 heavy (non-hydrogen) atoms. The minimum atomic E-state index is 0.744. The standard InChI is InChI=1S/C13H28N2/c1-5-11(3)15(6-2)10-12-8-7-9-13(12)14-4/h11-14H,5-10H2,1-4H3. The van der Waals surface area contributed by atoms with Crippen LogP contribution in [0.3, 0.4) is 0 Å². The van der Waals surface area contributed by atoms with Crippen molar-refractivity contribution in [2.75, 3.05) is 20.1 Å². The molecule has 2 nitrogen and oxygen atoms in total. The van der Waals surface area contributed by atoms with Crippen LogP contribution in [0.25, 0.3) is 0 Å². The SMILES string of the molecule is CCC(C)N(CC)CC1CCCC1NC. The Morgan fingerprint density at radius 1 is 1.33 bits per heavy atom. The molecule has 0 aliphatic heterocycles. The lowest BCUT2D eigenvalue weighted by atomic mass is 10.0. The first-order valence-electron chi connectivity index (χ1n) is 6.64. The largest absolute Gasteiger partial charge is 0.317 e. The second-order valence-corrected chi connectivity index (χ2v) is 4.93. The number of hydrogen-bond acceptors (Lipinski definition) is 2. The van der Waals surface area contributed by atoms with Crippen molar-refractivity contribution in [3.05, 3.63) is 0 Å². The van der Waals surface area contributed by atoms with Crippen molar-refractivity contribution < 1.29 is 0 Å². The van der Waals surface area contributed by atoms with Crippen LogP contribution < -0.4 is 5.32 Å². The molecule has 2 heteroatoms. The highest BCUT2D eigenvalue weighted by Gasteiger charge is 2.28. The average molecular weight is 212 g/mol. The number of nitrogens with zero attached hydrogens (tertiary/aromatic N) is 1. The molecule has 1 aliphatic rings. The Morgan fingerprint density at radius 3 is 2.60 bits per heavy atom. The fraction of sp³-hybridized carbons (Fsp3) is 1.00. The lowest BCUT2D eigenvalue weighted by Gasteiger charge is -2.31. The molecular formula is C13H28N2. The van der Waals surface area contributed by atoms with Gasteiger partial charge in [-0.15, -0.1) is 0 Å². The molecule has 90 valence electrons. The van der Waals surface area contributed by atoms with E-state index in [4.69, 9.17) is 0 Å². The van der Waals surface area contributed by atoms with Crippen molar-refractivity contribution in [2.45, 2.75) is 58.5 Å². The van der Waals surface area contributed by atoms with Crippen LogP contribution in [0.4, 0.5) is 0 Å². The van der Waals surface area contributed by atoms with Crippen LogP contribution in [0.15, 0.2) is 0 Å². The fourth-order valence-electron chi connectivity index (χ4n) is 2.82. The van der Waals surface area contributed by atoms with Crippen LogP contribution in [-0.2, 0) is 0 Å². The maximum Gasteiger partial charge on any atom is 0.0104 e. The van der Waals surface area contributed by atoms with Gasteiger partial charge in [0, 0.05) is 18.6 Å². The minimum absolute atomic E-state index is 0.744. The molecule has 0 heterocycles. The maximum absolute atomic E-state index is 3.47. The van der Waals surface area contributed by atoms with Crippen molar-refractivity contribution in [2.24, 2.45) is 5.92 Å². The van der Waals surface area contributed by atoms with Crippen molar-refractivity contribution in [3.8, 4) is 0 Å². The molecule has 0 amide bonds. The van der Waals surface area contributed by atoms with Crippen molar-refractivity contribution in [3.63, 3.8) is 0 Å². The second-order valence-electron chi connectivity index (χ2n) is 4.93. The zero-order valence-corrected chi connectivity index (χ0v) is 10.9. The van der Waals surface area contributed by atoms with E-state index < -0.39 is 0 Å². The molecular weight excluding hydrogens is 184 g/mol. The van der Waals surface area contributed by atoms with Gasteiger partial charge in [0.2, 0.25) is 0 Å². The third kappa shape index (κ3) is 3.46. The quantitative estimate of drug-likeness (QED) is 0.728. The fourth-order valence-corrected chi connectivity index (χ4v) is 2.82. The van der Waals surface area contributed by atoms with E-state index in [1.54, 1.807) is 0 Å². The molecule has 3 unspecified atom stereocenters. The first-order chi connectivity index (χ1) is 7.22. The number of rotatable bonds is 6. The molecule has 1 fully saturated rings. The second kappa shape index (κ2) is 6.49. The van der Waals surface area contributed by atoms with Gasteiger partial charge in [-0.3, -0.25) is 0 Å². The van der Waals surface area contributed by atoms with E-state index in [2.05, 4.69) is 38.0 Å². The van der Waals surface area contributed by atoms with Crippen LogP contribution in [0, 0.1) is 5.92 Å². The number of nitrogens with one attached hydrogen (secondary N) is 1. The summed E-state index contributed by atoms with van der Waals surface area (Å²) in [5.41, 5.74) is 0. The minimum Gasteiger partial charge on any atom is -0.317 e. The van der Waals surface area contributed by atoms with Crippen LogP contribution in [0.1, 0.15) is 46.5 Å². The molecule has 0 aromatic rings. The van der Waals surface area contributed by atoms with Crippen molar-refractivity contribution in [1.29, 1.82) is 0 Å². The molecule has 0 radical (unpaired) electrons. The van der Waals surface area contributed by atoms with Crippen LogP contribution >= 0.6 is 0 Å². The third-order valence-electron chi connectivity index (χ3n) is 4.12. The first-order valence-corrected chi connectivity index (χ1v) is 6.64. The van der Waals surface area contributed by atoms with Gasteiger partial charge >= 0.3 is 0 Å². The van der Waals surface area contributed by atoms with Gasteiger partial charge in [0.15, 0.2) is 0 Å². The molecule has 0 saturated heterocycles.